The molecule has 0 aromatic carbocycles. The largest absolute Gasteiger partial charge is 0.350 e. The molecule has 0 saturated heterocycles. The van der Waals surface area contributed by atoms with Crippen molar-refractivity contribution in [2.24, 2.45) is 0 Å². The first kappa shape index (κ1) is 13.8. The van der Waals surface area contributed by atoms with Crippen molar-refractivity contribution in [3.05, 3.63) is 54.7 Å². The van der Waals surface area contributed by atoms with E-state index in [1.165, 1.54) is 22.7 Å². The van der Waals surface area contributed by atoms with Gasteiger partial charge in [0.25, 0.3) is 5.56 Å². The lowest BCUT2D eigenvalue weighted by molar-refractivity contribution is -0.121. The van der Waals surface area contributed by atoms with Gasteiger partial charge in [-0.25, -0.2) is 9.36 Å². The SMILES string of the molecule is O=C(Cn1c(=O)[nH]c2ccsc2c1=O)NCc1cccs1. The van der Waals surface area contributed by atoms with Crippen molar-refractivity contribution in [1.82, 2.24) is 14.9 Å². The van der Waals surface area contributed by atoms with Gasteiger partial charge in [-0.2, -0.15) is 0 Å². The molecular weight excluding hydrogens is 310 g/mol. The van der Waals surface area contributed by atoms with Crippen LogP contribution in [0.4, 0.5) is 0 Å². The molecule has 0 aliphatic carbocycles. The number of nitrogens with one attached hydrogen (secondary N) is 2. The second-order valence-electron chi connectivity index (χ2n) is 4.34. The van der Waals surface area contributed by atoms with Crippen LogP contribution in [0.15, 0.2) is 38.5 Å². The first-order valence-corrected chi connectivity index (χ1v) is 7.90. The molecule has 21 heavy (non-hydrogen) atoms. The molecule has 0 atom stereocenters. The molecule has 6 nitrogen and oxygen atoms in total. The third kappa shape index (κ3) is 2.81. The standard InChI is InChI=1S/C13H11N3O3S2/c17-10(14-6-8-2-1-4-20-8)7-16-12(18)11-9(3-5-21-11)15-13(16)19/h1-5H,6-7H2,(H,14,17)(H,15,19). The quantitative estimate of drug-likeness (QED) is 0.755. The number of carbonyl (C=O) groups excluding carboxylic acids is 1. The molecule has 108 valence electrons. The van der Waals surface area contributed by atoms with Crippen molar-refractivity contribution < 1.29 is 4.79 Å². The van der Waals surface area contributed by atoms with Gasteiger partial charge in [-0.3, -0.25) is 9.59 Å². The first-order chi connectivity index (χ1) is 10.1. The smallest absolute Gasteiger partial charge is 0.329 e. The number of aromatic amines is 1. The molecule has 3 rings (SSSR count). The summed E-state index contributed by atoms with van der Waals surface area (Å²) in [5, 5.41) is 6.34. The lowest BCUT2D eigenvalue weighted by Crippen LogP contribution is -2.40. The van der Waals surface area contributed by atoms with Crippen LogP contribution in [0.5, 0.6) is 0 Å². The Morgan fingerprint density at radius 1 is 1.24 bits per heavy atom. The summed E-state index contributed by atoms with van der Waals surface area (Å²) < 4.78 is 1.36. The molecule has 3 aromatic heterocycles. The highest BCUT2D eigenvalue weighted by molar-refractivity contribution is 7.17. The highest BCUT2D eigenvalue weighted by Crippen LogP contribution is 2.12. The number of H-pyrrole nitrogens is 1. The number of aromatic nitrogens is 2. The minimum Gasteiger partial charge on any atom is -0.350 e. The van der Waals surface area contributed by atoms with Crippen molar-refractivity contribution in [3.8, 4) is 0 Å². The number of amides is 1. The highest BCUT2D eigenvalue weighted by atomic mass is 32.1. The fourth-order valence-electron chi connectivity index (χ4n) is 1.91. The van der Waals surface area contributed by atoms with Gasteiger partial charge in [-0.15, -0.1) is 22.7 Å². The van der Waals surface area contributed by atoms with Crippen LogP contribution >= 0.6 is 22.7 Å². The predicted molar refractivity (Wildman–Crippen MR) is 82.9 cm³/mol. The number of rotatable bonds is 4. The number of fused-ring (bicyclic) bond motifs is 1. The summed E-state index contributed by atoms with van der Waals surface area (Å²) in [4.78, 5) is 39.5. The Morgan fingerprint density at radius 3 is 2.86 bits per heavy atom. The van der Waals surface area contributed by atoms with Crippen LogP contribution in [0, 0.1) is 0 Å². The maximum atomic E-state index is 12.2. The zero-order chi connectivity index (χ0) is 14.8. The molecule has 0 radical (unpaired) electrons. The van der Waals surface area contributed by atoms with Gasteiger partial charge in [-0.1, -0.05) is 6.07 Å². The van der Waals surface area contributed by atoms with Gasteiger partial charge < -0.3 is 10.3 Å². The van der Waals surface area contributed by atoms with Gasteiger partial charge in [-0.05, 0) is 22.9 Å². The van der Waals surface area contributed by atoms with Gasteiger partial charge in [0.2, 0.25) is 5.91 Å². The predicted octanol–water partition coefficient (Wildman–Crippen LogP) is 1.13. The molecule has 0 spiro atoms. The number of thiophene rings is 2. The van der Waals surface area contributed by atoms with Crippen LogP contribution in [0.3, 0.4) is 0 Å². The van der Waals surface area contributed by atoms with Crippen molar-refractivity contribution in [1.29, 1.82) is 0 Å². The van der Waals surface area contributed by atoms with Gasteiger partial charge >= 0.3 is 5.69 Å². The van der Waals surface area contributed by atoms with E-state index in [1.54, 1.807) is 11.4 Å². The Balaban J connectivity index is 1.79. The van der Waals surface area contributed by atoms with Crippen molar-refractivity contribution in [2.75, 3.05) is 0 Å². The Morgan fingerprint density at radius 2 is 2.10 bits per heavy atom. The lowest BCUT2D eigenvalue weighted by atomic mass is 10.4. The minimum absolute atomic E-state index is 0.284. The van der Waals surface area contributed by atoms with Crippen LogP contribution in [0.25, 0.3) is 10.2 Å². The monoisotopic (exact) mass is 321 g/mol. The van der Waals surface area contributed by atoms with Crippen molar-refractivity contribution in [3.63, 3.8) is 0 Å². The van der Waals surface area contributed by atoms with Crippen molar-refractivity contribution >= 4 is 38.8 Å². The molecule has 0 unspecified atom stereocenters. The first-order valence-electron chi connectivity index (χ1n) is 6.14. The normalized spacial score (nSPS) is 10.9. The van der Waals surface area contributed by atoms with Gasteiger partial charge in [0.1, 0.15) is 11.2 Å². The topological polar surface area (TPSA) is 84.0 Å². The summed E-state index contributed by atoms with van der Waals surface area (Å²) in [6, 6.07) is 5.47. The van der Waals surface area contributed by atoms with E-state index in [-0.39, 0.29) is 12.5 Å². The Labute approximate surface area is 126 Å². The molecule has 0 fully saturated rings. The molecule has 0 aliphatic heterocycles. The van der Waals surface area contributed by atoms with Crippen LogP contribution in [0.2, 0.25) is 0 Å². The summed E-state index contributed by atoms with van der Waals surface area (Å²) >= 11 is 2.77. The number of hydrogen-bond acceptors (Lipinski definition) is 5. The average molecular weight is 321 g/mol. The van der Waals surface area contributed by atoms with E-state index >= 15 is 0 Å². The fraction of sp³-hybridized carbons (Fsp3) is 0.154. The van der Waals surface area contributed by atoms with Crippen LogP contribution in [0.1, 0.15) is 4.88 Å². The Kier molecular flexibility index (Phi) is 3.72. The van der Waals surface area contributed by atoms with Crippen molar-refractivity contribution in [2.45, 2.75) is 13.1 Å². The number of nitrogens with zero attached hydrogens (tertiary/aromatic N) is 1. The molecule has 8 heteroatoms. The third-order valence-corrected chi connectivity index (χ3v) is 4.71. The second kappa shape index (κ2) is 5.66. The van der Waals surface area contributed by atoms with E-state index in [0.717, 1.165) is 9.44 Å². The van der Waals surface area contributed by atoms with Crippen LogP contribution in [-0.2, 0) is 17.9 Å². The maximum Gasteiger partial charge on any atom is 0.329 e. The van der Waals surface area contributed by atoms with Gasteiger partial charge in [0.15, 0.2) is 0 Å². The van der Waals surface area contributed by atoms with Gasteiger partial charge in [0.05, 0.1) is 12.1 Å². The summed E-state index contributed by atoms with van der Waals surface area (Å²) in [7, 11) is 0. The van der Waals surface area contributed by atoms with Crippen LogP contribution in [-0.4, -0.2) is 15.5 Å². The lowest BCUT2D eigenvalue weighted by Gasteiger charge is -2.05. The second-order valence-corrected chi connectivity index (χ2v) is 6.29. The molecule has 0 bridgehead atoms. The molecular formula is C13H11N3O3S2. The minimum atomic E-state index is -0.572. The molecule has 3 heterocycles. The highest BCUT2D eigenvalue weighted by Gasteiger charge is 2.12. The van der Waals surface area contributed by atoms with E-state index in [0.29, 0.717) is 16.8 Å². The molecule has 3 aromatic rings. The molecule has 1 amide bonds. The summed E-state index contributed by atoms with van der Waals surface area (Å²) in [6.07, 6.45) is 0. The van der Waals surface area contributed by atoms with E-state index in [9.17, 15) is 14.4 Å². The van der Waals surface area contributed by atoms with Crippen LogP contribution < -0.4 is 16.6 Å². The summed E-state index contributed by atoms with van der Waals surface area (Å²) in [5.74, 6) is -0.369. The Hall–Kier alpha value is -2.19. The number of hydrogen-bond donors (Lipinski definition) is 2. The van der Waals surface area contributed by atoms with E-state index in [2.05, 4.69) is 10.3 Å². The maximum absolute atomic E-state index is 12.2. The Bertz CT molecular complexity index is 889. The molecule has 0 aliphatic rings. The fourth-order valence-corrected chi connectivity index (χ4v) is 3.35. The number of carbonyl (C=O) groups is 1. The average Bonchev–Trinajstić information content (AvgIpc) is 3.12. The zero-order valence-electron chi connectivity index (χ0n) is 10.8. The zero-order valence-corrected chi connectivity index (χ0v) is 12.4. The summed E-state index contributed by atoms with van der Waals surface area (Å²) in [5.41, 5.74) is -0.502. The summed E-state index contributed by atoms with van der Waals surface area (Å²) in [6.45, 7) is 0.109. The van der Waals surface area contributed by atoms with Gasteiger partial charge in [0, 0.05) is 4.88 Å². The molecule has 2 N–H and O–H groups in total. The van der Waals surface area contributed by atoms with E-state index in [4.69, 9.17) is 0 Å². The van der Waals surface area contributed by atoms with E-state index < -0.39 is 11.2 Å². The third-order valence-electron chi connectivity index (χ3n) is 2.93. The van der Waals surface area contributed by atoms with E-state index in [1.807, 2.05) is 17.5 Å². The molecule has 0 saturated carbocycles.